The lowest BCUT2D eigenvalue weighted by Crippen LogP contribution is -2.38. The Balaban J connectivity index is 2.40. The molecule has 0 radical (unpaired) electrons. The molecule has 0 aromatic carbocycles. The molecular weight excluding hydrogens is 206 g/mol. The van der Waals surface area contributed by atoms with Gasteiger partial charge in [-0.1, -0.05) is 13.3 Å². The molecular formula is C12H21NO3. The zero-order valence-corrected chi connectivity index (χ0v) is 10.2. The summed E-state index contributed by atoms with van der Waals surface area (Å²) < 4.78 is 4.87. The van der Waals surface area contributed by atoms with Gasteiger partial charge in [-0.25, -0.2) is 0 Å². The molecule has 0 unspecified atom stereocenters. The Morgan fingerprint density at radius 3 is 2.50 bits per heavy atom. The third-order valence-corrected chi connectivity index (χ3v) is 2.66. The van der Waals surface area contributed by atoms with Crippen molar-refractivity contribution in [1.82, 2.24) is 4.90 Å². The summed E-state index contributed by atoms with van der Waals surface area (Å²) in [6.45, 7) is 4.33. The highest BCUT2D eigenvalue weighted by Crippen LogP contribution is 2.27. The van der Waals surface area contributed by atoms with Crippen LogP contribution in [0.4, 0.5) is 0 Å². The third-order valence-electron chi connectivity index (χ3n) is 2.66. The molecule has 0 saturated heterocycles. The molecule has 1 amide bonds. The van der Waals surface area contributed by atoms with Gasteiger partial charge in [0.1, 0.15) is 6.54 Å². The Morgan fingerprint density at radius 1 is 1.31 bits per heavy atom. The molecule has 1 aliphatic carbocycles. The normalized spacial score (nSPS) is 14.6. The van der Waals surface area contributed by atoms with Crippen molar-refractivity contribution < 1.29 is 14.3 Å². The minimum absolute atomic E-state index is 0.0948. The van der Waals surface area contributed by atoms with Gasteiger partial charge in [-0.05, 0) is 26.2 Å². The first-order valence-corrected chi connectivity index (χ1v) is 6.14. The molecule has 4 nitrogen and oxygen atoms in total. The van der Waals surface area contributed by atoms with Crippen molar-refractivity contribution >= 4 is 11.9 Å². The van der Waals surface area contributed by atoms with Crippen LogP contribution in [0.25, 0.3) is 0 Å². The van der Waals surface area contributed by atoms with Crippen LogP contribution in [-0.4, -0.2) is 36.0 Å². The van der Waals surface area contributed by atoms with Crippen LogP contribution >= 0.6 is 0 Å². The fraction of sp³-hybridized carbons (Fsp3) is 0.833. The molecule has 0 spiro atoms. The summed E-state index contributed by atoms with van der Waals surface area (Å²) in [4.78, 5) is 24.9. The molecule has 0 N–H and O–H groups in total. The predicted molar refractivity (Wildman–Crippen MR) is 60.9 cm³/mol. The average Bonchev–Trinajstić information content (AvgIpc) is 3.06. The maximum absolute atomic E-state index is 11.8. The van der Waals surface area contributed by atoms with Crippen LogP contribution in [0.1, 0.15) is 46.0 Å². The highest BCUT2D eigenvalue weighted by atomic mass is 16.5. The van der Waals surface area contributed by atoms with Crippen molar-refractivity contribution in [3.8, 4) is 0 Å². The summed E-state index contributed by atoms with van der Waals surface area (Å²) in [7, 11) is 0. The fourth-order valence-electron chi connectivity index (χ4n) is 1.62. The first kappa shape index (κ1) is 13.0. The Hall–Kier alpha value is -1.06. The Labute approximate surface area is 96.9 Å². The first-order chi connectivity index (χ1) is 7.69. The number of hydrogen-bond acceptors (Lipinski definition) is 3. The van der Waals surface area contributed by atoms with Gasteiger partial charge in [0.2, 0.25) is 5.91 Å². The van der Waals surface area contributed by atoms with Crippen LogP contribution in [0, 0.1) is 0 Å². The molecule has 1 aliphatic rings. The molecule has 1 saturated carbocycles. The highest BCUT2D eigenvalue weighted by Gasteiger charge is 2.33. The number of esters is 1. The molecule has 0 aromatic rings. The maximum atomic E-state index is 11.8. The molecule has 0 aliphatic heterocycles. The Bertz CT molecular complexity index is 249. The molecule has 0 heterocycles. The van der Waals surface area contributed by atoms with E-state index in [1.165, 1.54) is 0 Å². The van der Waals surface area contributed by atoms with Gasteiger partial charge in [0, 0.05) is 12.5 Å². The molecule has 0 bridgehead atoms. The third kappa shape index (κ3) is 4.21. The van der Waals surface area contributed by atoms with E-state index in [4.69, 9.17) is 4.74 Å². The quantitative estimate of drug-likeness (QED) is 0.622. The number of hydrogen-bond donors (Lipinski definition) is 0. The second-order valence-corrected chi connectivity index (χ2v) is 4.16. The number of carbonyl (C=O) groups is 2. The van der Waals surface area contributed by atoms with E-state index in [2.05, 4.69) is 6.92 Å². The smallest absolute Gasteiger partial charge is 0.325 e. The van der Waals surface area contributed by atoms with E-state index in [1.54, 1.807) is 11.8 Å². The number of carbonyl (C=O) groups excluding carboxylic acids is 2. The van der Waals surface area contributed by atoms with Crippen molar-refractivity contribution in [3.05, 3.63) is 0 Å². The van der Waals surface area contributed by atoms with E-state index >= 15 is 0 Å². The summed E-state index contributed by atoms with van der Waals surface area (Å²) in [5, 5.41) is 0. The zero-order chi connectivity index (χ0) is 12.0. The van der Waals surface area contributed by atoms with E-state index < -0.39 is 0 Å². The number of rotatable bonds is 7. The molecule has 4 heteroatoms. The summed E-state index contributed by atoms with van der Waals surface area (Å²) in [5.74, 6) is -0.198. The summed E-state index contributed by atoms with van der Waals surface area (Å²) in [6.07, 6.45) is 4.50. The van der Waals surface area contributed by atoms with Gasteiger partial charge in [-0.3, -0.25) is 9.59 Å². The largest absolute Gasteiger partial charge is 0.465 e. The Kier molecular flexibility index (Phi) is 5.29. The van der Waals surface area contributed by atoms with Crippen molar-refractivity contribution in [1.29, 1.82) is 0 Å². The summed E-state index contributed by atoms with van der Waals surface area (Å²) in [5.41, 5.74) is 0. The van der Waals surface area contributed by atoms with Gasteiger partial charge in [-0.15, -0.1) is 0 Å². The van der Waals surface area contributed by atoms with Crippen molar-refractivity contribution in [3.63, 3.8) is 0 Å². The predicted octanol–water partition coefficient (Wildman–Crippen LogP) is 1.73. The van der Waals surface area contributed by atoms with E-state index in [0.717, 1.165) is 25.7 Å². The number of amides is 1. The van der Waals surface area contributed by atoms with E-state index in [1.807, 2.05) is 0 Å². The van der Waals surface area contributed by atoms with Crippen LogP contribution in [0.2, 0.25) is 0 Å². The molecule has 1 fully saturated rings. The standard InChI is InChI=1S/C12H21NO3/c1-3-5-6-11(14)13(10-7-8-10)9-12(15)16-4-2/h10H,3-9H2,1-2H3. The van der Waals surface area contributed by atoms with E-state index in [9.17, 15) is 9.59 Å². The van der Waals surface area contributed by atoms with Crippen LogP contribution < -0.4 is 0 Å². The lowest BCUT2D eigenvalue weighted by Gasteiger charge is -2.21. The number of unbranched alkanes of at least 4 members (excludes halogenated alkanes) is 1. The molecule has 1 rings (SSSR count). The van der Waals surface area contributed by atoms with E-state index in [0.29, 0.717) is 13.0 Å². The monoisotopic (exact) mass is 227 g/mol. The lowest BCUT2D eigenvalue weighted by molar-refractivity contribution is -0.149. The van der Waals surface area contributed by atoms with Crippen molar-refractivity contribution in [2.24, 2.45) is 0 Å². The highest BCUT2D eigenvalue weighted by molar-refractivity contribution is 5.82. The minimum Gasteiger partial charge on any atom is -0.465 e. The van der Waals surface area contributed by atoms with Gasteiger partial charge >= 0.3 is 5.97 Å². The van der Waals surface area contributed by atoms with Gasteiger partial charge in [-0.2, -0.15) is 0 Å². The van der Waals surface area contributed by atoms with Gasteiger partial charge in [0.15, 0.2) is 0 Å². The SMILES string of the molecule is CCCCC(=O)N(CC(=O)OCC)C1CC1. The number of ether oxygens (including phenoxy) is 1. The molecule has 0 aromatic heterocycles. The van der Waals surface area contributed by atoms with Crippen LogP contribution in [-0.2, 0) is 14.3 Å². The van der Waals surface area contributed by atoms with Gasteiger partial charge in [0.05, 0.1) is 6.61 Å². The average molecular weight is 227 g/mol. The minimum atomic E-state index is -0.292. The van der Waals surface area contributed by atoms with Crippen LogP contribution in [0.15, 0.2) is 0 Å². The van der Waals surface area contributed by atoms with E-state index in [-0.39, 0.29) is 24.5 Å². The van der Waals surface area contributed by atoms with Crippen molar-refractivity contribution in [2.75, 3.05) is 13.2 Å². The molecule has 0 atom stereocenters. The van der Waals surface area contributed by atoms with Gasteiger partial charge < -0.3 is 9.64 Å². The van der Waals surface area contributed by atoms with Gasteiger partial charge in [0.25, 0.3) is 0 Å². The van der Waals surface area contributed by atoms with Crippen LogP contribution in [0.5, 0.6) is 0 Å². The second-order valence-electron chi connectivity index (χ2n) is 4.16. The number of nitrogens with zero attached hydrogens (tertiary/aromatic N) is 1. The summed E-state index contributed by atoms with van der Waals surface area (Å²) in [6, 6.07) is 0.286. The van der Waals surface area contributed by atoms with Crippen LogP contribution in [0.3, 0.4) is 0 Å². The molecule has 92 valence electrons. The topological polar surface area (TPSA) is 46.6 Å². The zero-order valence-electron chi connectivity index (χ0n) is 10.2. The maximum Gasteiger partial charge on any atom is 0.325 e. The fourth-order valence-corrected chi connectivity index (χ4v) is 1.62. The lowest BCUT2D eigenvalue weighted by atomic mass is 10.2. The first-order valence-electron chi connectivity index (χ1n) is 6.14. The van der Waals surface area contributed by atoms with Crippen molar-refractivity contribution in [2.45, 2.75) is 52.0 Å². The summed E-state index contributed by atoms with van der Waals surface area (Å²) >= 11 is 0. The Morgan fingerprint density at radius 2 is 2.00 bits per heavy atom. The second kappa shape index (κ2) is 6.51. The molecule has 16 heavy (non-hydrogen) atoms.